The number of aliphatic hydroxyl groups excluding tert-OH is 1. The molecule has 9 heteroatoms. The quantitative estimate of drug-likeness (QED) is 0.364. The fourth-order valence-electron chi connectivity index (χ4n) is 6.12. The summed E-state index contributed by atoms with van der Waals surface area (Å²) in [6.07, 6.45) is 8.97. The second-order valence-corrected chi connectivity index (χ2v) is 9.87. The number of rotatable bonds is 6. The number of likely N-dealkylation sites (tertiary alicyclic amines) is 1. The van der Waals surface area contributed by atoms with E-state index in [0.29, 0.717) is 37.2 Å². The summed E-state index contributed by atoms with van der Waals surface area (Å²) in [4.78, 5) is 44.6. The first-order chi connectivity index (χ1) is 17.4. The van der Waals surface area contributed by atoms with E-state index in [2.05, 4.69) is 0 Å². The number of benzene rings is 1. The van der Waals surface area contributed by atoms with Gasteiger partial charge in [0.1, 0.15) is 23.3 Å². The van der Waals surface area contributed by atoms with Crippen molar-refractivity contribution in [1.82, 2.24) is 4.90 Å². The van der Waals surface area contributed by atoms with Gasteiger partial charge in [0.15, 0.2) is 0 Å². The maximum absolute atomic E-state index is 14.2. The van der Waals surface area contributed by atoms with Crippen LogP contribution in [0.15, 0.2) is 48.6 Å². The molecular weight excluding hydrogens is 464 g/mol. The molecule has 1 spiro atoms. The Hall–Kier alpha value is -3.17. The Morgan fingerprint density at radius 3 is 2.56 bits per heavy atom. The van der Waals surface area contributed by atoms with E-state index in [4.69, 9.17) is 14.2 Å². The Bertz CT molecular complexity index is 1100. The maximum Gasteiger partial charge on any atom is 0.313 e. The highest BCUT2D eigenvalue weighted by atomic mass is 16.6. The van der Waals surface area contributed by atoms with E-state index < -0.39 is 35.0 Å². The first kappa shape index (κ1) is 24.5. The van der Waals surface area contributed by atoms with Crippen molar-refractivity contribution in [2.45, 2.75) is 43.4 Å². The summed E-state index contributed by atoms with van der Waals surface area (Å²) in [5.74, 6) is -2.16. The smallest absolute Gasteiger partial charge is 0.313 e. The molecule has 4 heterocycles. The van der Waals surface area contributed by atoms with Crippen LogP contribution in [-0.2, 0) is 23.9 Å². The third-order valence-electron chi connectivity index (χ3n) is 7.71. The Kier molecular flexibility index (Phi) is 6.38. The number of hydrogen-bond donors (Lipinski definition) is 1. The summed E-state index contributed by atoms with van der Waals surface area (Å²) in [6.45, 7) is 2.58. The van der Waals surface area contributed by atoms with E-state index in [1.807, 2.05) is 24.3 Å². The molecule has 4 aliphatic heterocycles. The number of carbonyl (C=O) groups excluding carboxylic acids is 3. The molecular formula is C27H32N2O7. The van der Waals surface area contributed by atoms with Crippen LogP contribution in [0.2, 0.25) is 0 Å². The molecule has 2 saturated heterocycles. The molecule has 0 radical (unpaired) electrons. The largest absolute Gasteiger partial charge is 0.497 e. The van der Waals surface area contributed by atoms with Crippen LogP contribution in [0.25, 0.3) is 0 Å². The van der Waals surface area contributed by atoms with Crippen molar-refractivity contribution in [2.75, 3.05) is 38.3 Å². The number of methoxy groups -OCH3 is 1. The van der Waals surface area contributed by atoms with Crippen molar-refractivity contribution in [1.29, 1.82) is 0 Å². The van der Waals surface area contributed by atoms with Crippen LogP contribution in [0.5, 0.6) is 5.75 Å². The van der Waals surface area contributed by atoms with Crippen molar-refractivity contribution in [3.63, 3.8) is 0 Å². The molecule has 1 unspecified atom stereocenters. The van der Waals surface area contributed by atoms with Crippen LogP contribution in [0.4, 0.5) is 5.69 Å². The average molecular weight is 497 g/mol. The molecule has 1 aromatic carbocycles. The minimum Gasteiger partial charge on any atom is -0.497 e. The first-order valence-corrected chi connectivity index (χ1v) is 12.5. The molecule has 2 fully saturated rings. The monoisotopic (exact) mass is 496 g/mol. The van der Waals surface area contributed by atoms with Gasteiger partial charge in [-0.15, -0.1) is 0 Å². The Morgan fingerprint density at radius 2 is 1.83 bits per heavy atom. The lowest BCUT2D eigenvalue weighted by Gasteiger charge is -2.37. The molecule has 1 aromatic rings. The van der Waals surface area contributed by atoms with Gasteiger partial charge in [-0.05, 0) is 50.5 Å². The molecule has 192 valence electrons. The molecule has 2 amide bonds. The van der Waals surface area contributed by atoms with Crippen LogP contribution in [-0.4, -0.2) is 78.4 Å². The minimum atomic E-state index is -1.32. The normalized spacial score (nSPS) is 33.4. The number of ether oxygens (including phenoxy) is 3. The van der Waals surface area contributed by atoms with Gasteiger partial charge in [-0.1, -0.05) is 24.3 Å². The van der Waals surface area contributed by atoms with Gasteiger partial charge in [-0.25, -0.2) is 0 Å². The second kappa shape index (κ2) is 9.37. The van der Waals surface area contributed by atoms with Crippen LogP contribution >= 0.6 is 0 Å². The van der Waals surface area contributed by atoms with E-state index in [-0.39, 0.29) is 31.6 Å². The number of nitrogens with zero attached hydrogens (tertiary/aromatic N) is 2. The van der Waals surface area contributed by atoms with E-state index in [9.17, 15) is 19.5 Å². The van der Waals surface area contributed by atoms with Crippen molar-refractivity contribution >= 4 is 23.5 Å². The lowest BCUT2D eigenvalue weighted by atomic mass is 9.74. The Labute approximate surface area is 210 Å². The summed E-state index contributed by atoms with van der Waals surface area (Å²) < 4.78 is 17.4. The van der Waals surface area contributed by atoms with Crippen LogP contribution in [0, 0.1) is 11.8 Å². The van der Waals surface area contributed by atoms with Crippen LogP contribution in [0.3, 0.4) is 0 Å². The van der Waals surface area contributed by atoms with E-state index in [1.54, 1.807) is 48.1 Å². The van der Waals surface area contributed by atoms with Crippen molar-refractivity contribution in [3.05, 3.63) is 48.6 Å². The summed E-state index contributed by atoms with van der Waals surface area (Å²) in [5.41, 5.74) is -1.74. The zero-order chi connectivity index (χ0) is 25.5. The number of cyclic esters (lactones) is 1. The number of esters is 1. The zero-order valence-corrected chi connectivity index (χ0v) is 20.6. The van der Waals surface area contributed by atoms with Gasteiger partial charge in [0.25, 0.3) is 5.91 Å². The molecule has 36 heavy (non-hydrogen) atoms. The summed E-state index contributed by atoms with van der Waals surface area (Å²) >= 11 is 0. The van der Waals surface area contributed by atoms with Crippen LogP contribution < -0.4 is 9.64 Å². The minimum absolute atomic E-state index is 0.0125. The van der Waals surface area contributed by atoms with Gasteiger partial charge in [-0.3, -0.25) is 14.4 Å². The van der Waals surface area contributed by atoms with Crippen molar-refractivity contribution in [3.8, 4) is 5.75 Å². The van der Waals surface area contributed by atoms with E-state index >= 15 is 0 Å². The van der Waals surface area contributed by atoms with Crippen LogP contribution in [0.1, 0.15) is 26.2 Å². The van der Waals surface area contributed by atoms with E-state index in [0.717, 1.165) is 0 Å². The molecule has 0 bridgehead atoms. The number of fused-ring (bicyclic) bond motifs is 2. The molecule has 1 N–H and O–H groups in total. The van der Waals surface area contributed by atoms with Gasteiger partial charge < -0.3 is 29.1 Å². The molecule has 4 aliphatic rings. The first-order valence-electron chi connectivity index (χ1n) is 12.5. The summed E-state index contributed by atoms with van der Waals surface area (Å²) in [6, 6.07) is 6.21. The SMILES string of the molecule is COc1ccc(N2CC=C[C@]34O[C@]5(C)C=CCCOC(=O)[C@@H]5[C@H]3C(=O)N(CCCCO)C4C2=O)cc1. The number of amides is 2. The fourth-order valence-corrected chi connectivity index (χ4v) is 6.12. The number of carbonyl (C=O) groups is 3. The van der Waals surface area contributed by atoms with Gasteiger partial charge in [0.05, 0.1) is 25.2 Å². The molecule has 0 aromatic heterocycles. The lowest BCUT2D eigenvalue weighted by Crippen LogP contribution is -2.56. The van der Waals surface area contributed by atoms with E-state index in [1.165, 1.54) is 0 Å². The third-order valence-corrected chi connectivity index (χ3v) is 7.71. The Balaban J connectivity index is 1.60. The predicted molar refractivity (Wildman–Crippen MR) is 130 cm³/mol. The zero-order valence-electron chi connectivity index (χ0n) is 20.6. The standard InChI is InChI=1S/C27H32N2O7/c1-26-12-3-6-17-35-25(33)21(26)20-23(31)29(14-4-5-16-30)22-24(32)28(15-7-13-27(20,22)36-26)18-8-10-19(34-2)11-9-18/h3,7-13,20-22,30H,4-6,14-17H2,1-2H3/t20-,21-,22?,26+,27-/m0/s1. The van der Waals surface area contributed by atoms with Crippen molar-refractivity contribution in [2.24, 2.45) is 11.8 Å². The van der Waals surface area contributed by atoms with Gasteiger partial charge in [0, 0.05) is 25.4 Å². The number of aliphatic hydroxyl groups is 1. The second-order valence-electron chi connectivity index (χ2n) is 9.87. The summed E-state index contributed by atoms with van der Waals surface area (Å²) in [5, 5.41) is 9.32. The molecule has 5 rings (SSSR count). The molecule has 0 saturated carbocycles. The highest BCUT2D eigenvalue weighted by Crippen LogP contribution is 2.57. The predicted octanol–water partition coefficient (Wildman–Crippen LogP) is 1.84. The highest BCUT2D eigenvalue weighted by molar-refractivity contribution is 6.05. The lowest BCUT2D eigenvalue weighted by molar-refractivity contribution is -0.159. The highest BCUT2D eigenvalue weighted by Gasteiger charge is 2.74. The molecule has 9 nitrogen and oxygen atoms in total. The maximum atomic E-state index is 14.2. The van der Waals surface area contributed by atoms with Gasteiger partial charge in [0.2, 0.25) is 5.91 Å². The number of anilines is 1. The average Bonchev–Trinajstić information content (AvgIpc) is 3.18. The Morgan fingerprint density at radius 1 is 1.06 bits per heavy atom. The number of unbranched alkanes of at least 4 members (excludes halogenated alkanes) is 1. The van der Waals surface area contributed by atoms with Gasteiger partial charge >= 0.3 is 5.97 Å². The molecule has 0 aliphatic carbocycles. The van der Waals surface area contributed by atoms with Gasteiger partial charge in [-0.2, -0.15) is 0 Å². The topological polar surface area (TPSA) is 106 Å². The third kappa shape index (κ3) is 3.72. The number of hydrogen-bond acceptors (Lipinski definition) is 7. The fraction of sp³-hybridized carbons (Fsp3) is 0.519. The summed E-state index contributed by atoms with van der Waals surface area (Å²) in [7, 11) is 1.58. The molecule has 5 atom stereocenters. The van der Waals surface area contributed by atoms with Crippen molar-refractivity contribution < 1.29 is 33.7 Å².